The molecule has 1 aromatic heterocycles. The number of benzene rings is 2. The zero-order chi connectivity index (χ0) is 21.9. The summed E-state index contributed by atoms with van der Waals surface area (Å²) in [6, 6.07) is 17.8. The molecule has 7 heteroatoms. The highest BCUT2D eigenvalue weighted by Gasteiger charge is 2.17. The highest BCUT2D eigenvalue weighted by Crippen LogP contribution is 2.18. The van der Waals surface area contributed by atoms with Crippen LogP contribution in [0.25, 0.3) is 0 Å². The smallest absolute Gasteiger partial charge is 0.291 e. The normalized spacial score (nSPS) is 10.5. The molecule has 3 rings (SSSR count). The molecule has 2 amide bonds. The van der Waals surface area contributed by atoms with E-state index in [1.807, 2.05) is 37.3 Å². The third-order valence-corrected chi connectivity index (χ3v) is 4.43. The first-order valence-corrected chi connectivity index (χ1v) is 10.2. The minimum Gasteiger partial charge on any atom is -0.489 e. The van der Waals surface area contributed by atoms with Gasteiger partial charge in [0.1, 0.15) is 12.4 Å². The number of hydrogen-bond acceptors (Lipinski definition) is 5. The van der Waals surface area contributed by atoms with E-state index >= 15 is 0 Å². The number of para-hydroxylation sites is 1. The van der Waals surface area contributed by atoms with Gasteiger partial charge in [-0.05, 0) is 49.7 Å². The van der Waals surface area contributed by atoms with E-state index in [1.54, 1.807) is 30.3 Å². The van der Waals surface area contributed by atoms with Gasteiger partial charge >= 0.3 is 0 Å². The van der Waals surface area contributed by atoms with Crippen LogP contribution in [-0.4, -0.2) is 31.6 Å². The molecule has 2 N–H and O–H groups in total. The topological polar surface area (TPSA) is 89.8 Å². The first kappa shape index (κ1) is 22.1. The standard InChI is InChI=1S/C24H26N2O5/c1-2-29-14-7-13-25-23(27)18-8-6-9-20(16-18)26-24(28)22-19(12-15-30-22)17-31-21-10-4-3-5-11-21/h3-6,8-12,15-16H,2,7,13-14,17H2,1H3,(H,25,27)(H,26,28). The van der Waals surface area contributed by atoms with E-state index in [0.29, 0.717) is 42.3 Å². The Morgan fingerprint density at radius 1 is 1.00 bits per heavy atom. The first-order valence-electron chi connectivity index (χ1n) is 10.2. The minimum atomic E-state index is -0.411. The Kier molecular flexibility index (Phi) is 8.25. The summed E-state index contributed by atoms with van der Waals surface area (Å²) in [6.45, 7) is 3.91. The van der Waals surface area contributed by atoms with Gasteiger partial charge in [0.25, 0.3) is 11.8 Å². The summed E-state index contributed by atoms with van der Waals surface area (Å²) in [5, 5.41) is 5.61. The van der Waals surface area contributed by atoms with E-state index in [2.05, 4.69) is 10.6 Å². The van der Waals surface area contributed by atoms with Crippen LogP contribution in [0.1, 0.15) is 39.8 Å². The van der Waals surface area contributed by atoms with Crippen LogP contribution in [0.3, 0.4) is 0 Å². The summed E-state index contributed by atoms with van der Waals surface area (Å²) in [7, 11) is 0. The second-order valence-corrected chi connectivity index (χ2v) is 6.72. The highest BCUT2D eigenvalue weighted by molar-refractivity contribution is 6.04. The van der Waals surface area contributed by atoms with Crippen molar-refractivity contribution < 1.29 is 23.5 Å². The van der Waals surface area contributed by atoms with E-state index < -0.39 is 5.91 Å². The molecule has 0 aliphatic heterocycles. The number of ether oxygens (including phenoxy) is 2. The molecule has 0 saturated heterocycles. The van der Waals surface area contributed by atoms with Crippen LogP contribution in [0.2, 0.25) is 0 Å². The summed E-state index contributed by atoms with van der Waals surface area (Å²) in [4.78, 5) is 25.0. The third kappa shape index (κ3) is 6.72. The molecule has 0 saturated carbocycles. The second-order valence-electron chi connectivity index (χ2n) is 6.72. The maximum absolute atomic E-state index is 12.7. The molecule has 7 nitrogen and oxygen atoms in total. The van der Waals surface area contributed by atoms with Crippen molar-refractivity contribution in [2.75, 3.05) is 25.1 Å². The molecule has 0 aliphatic carbocycles. The Labute approximate surface area is 181 Å². The minimum absolute atomic E-state index is 0.168. The summed E-state index contributed by atoms with van der Waals surface area (Å²) in [6.07, 6.45) is 2.19. The molecule has 0 fully saturated rings. The van der Waals surface area contributed by atoms with Gasteiger partial charge in [-0.25, -0.2) is 0 Å². The number of furan rings is 1. The van der Waals surface area contributed by atoms with Gasteiger partial charge in [0.15, 0.2) is 5.76 Å². The zero-order valence-electron chi connectivity index (χ0n) is 17.4. The van der Waals surface area contributed by atoms with Crippen LogP contribution in [-0.2, 0) is 11.3 Å². The van der Waals surface area contributed by atoms with Crippen LogP contribution < -0.4 is 15.4 Å². The van der Waals surface area contributed by atoms with E-state index in [4.69, 9.17) is 13.9 Å². The quantitative estimate of drug-likeness (QED) is 0.451. The van der Waals surface area contributed by atoms with Gasteiger partial charge in [0.2, 0.25) is 0 Å². The van der Waals surface area contributed by atoms with Crippen LogP contribution in [0.5, 0.6) is 5.75 Å². The SMILES string of the molecule is CCOCCCNC(=O)c1cccc(NC(=O)c2occc2COc2ccccc2)c1. The van der Waals surface area contributed by atoms with Gasteiger partial charge < -0.3 is 24.5 Å². The van der Waals surface area contributed by atoms with Crippen molar-refractivity contribution in [3.63, 3.8) is 0 Å². The lowest BCUT2D eigenvalue weighted by molar-refractivity contribution is 0.0942. The molecule has 0 unspecified atom stereocenters. The molecule has 0 radical (unpaired) electrons. The molecule has 162 valence electrons. The Morgan fingerprint density at radius 3 is 2.65 bits per heavy atom. The van der Waals surface area contributed by atoms with E-state index in [-0.39, 0.29) is 18.3 Å². The van der Waals surface area contributed by atoms with Gasteiger partial charge in [-0.2, -0.15) is 0 Å². The van der Waals surface area contributed by atoms with E-state index in [9.17, 15) is 9.59 Å². The second kappa shape index (κ2) is 11.6. The van der Waals surface area contributed by atoms with Crippen molar-refractivity contribution >= 4 is 17.5 Å². The van der Waals surface area contributed by atoms with E-state index in [0.717, 1.165) is 6.42 Å². The summed E-state index contributed by atoms with van der Waals surface area (Å²) >= 11 is 0. The average molecular weight is 422 g/mol. The lowest BCUT2D eigenvalue weighted by atomic mass is 10.1. The number of hydrogen-bond donors (Lipinski definition) is 2. The summed E-state index contributed by atoms with van der Waals surface area (Å²) in [5.74, 6) is 0.255. The Morgan fingerprint density at radius 2 is 1.84 bits per heavy atom. The Balaban J connectivity index is 1.57. The van der Waals surface area contributed by atoms with Crippen molar-refractivity contribution in [3.05, 3.63) is 83.8 Å². The van der Waals surface area contributed by atoms with Crippen molar-refractivity contribution in [3.8, 4) is 5.75 Å². The largest absolute Gasteiger partial charge is 0.489 e. The van der Waals surface area contributed by atoms with Crippen molar-refractivity contribution in [2.45, 2.75) is 20.0 Å². The van der Waals surface area contributed by atoms with Gasteiger partial charge in [-0.3, -0.25) is 9.59 Å². The molecule has 0 aliphatic rings. The molecule has 0 spiro atoms. The zero-order valence-corrected chi connectivity index (χ0v) is 17.4. The van der Waals surface area contributed by atoms with Crippen LogP contribution >= 0.6 is 0 Å². The van der Waals surface area contributed by atoms with Crippen molar-refractivity contribution in [1.82, 2.24) is 5.32 Å². The van der Waals surface area contributed by atoms with Gasteiger partial charge in [0.05, 0.1) is 6.26 Å². The molecular formula is C24H26N2O5. The van der Waals surface area contributed by atoms with Gasteiger partial charge in [-0.15, -0.1) is 0 Å². The Hall–Kier alpha value is -3.58. The van der Waals surface area contributed by atoms with Gasteiger partial charge in [0, 0.05) is 36.6 Å². The fraction of sp³-hybridized carbons (Fsp3) is 0.250. The molecule has 0 bridgehead atoms. The maximum Gasteiger partial charge on any atom is 0.291 e. The molecule has 0 atom stereocenters. The van der Waals surface area contributed by atoms with E-state index in [1.165, 1.54) is 6.26 Å². The van der Waals surface area contributed by atoms with Crippen LogP contribution in [0.4, 0.5) is 5.69 Å². The molecule has 3 aromatic rings. The fourth-order valence-corrected chi connectivity index (χ4v) is 2.87. The van der Waals surface area contributed by atoms with Crippen LogP contribution in [0.15, 0.2) is 71.3 Å². The predicted molar refractivity (Wildman–Crippen MR) is 117 cm³/mol. The number of carbonyl (C=O) groups is 2. The van der Waals surface area contributed by atoms with Crippen LogP contribution in [0, 0.1) is 0 Å². The van der Waals surface area contributed by atoms with Crippen molar-refractivity contribution in [1.29, 1.82) is 0 Å². The number of amides is 2. The number of carbonyl (C=O) groups excluding carboxylic acids is 2. The number of anilines is 1. The molecule has 2 aromatic carbocycles. The Bertz CT molecular complexity index is 984. The maximum atomic E-state index is 12.7. The van der Waals surface area contributed by atoms with Gasteiger partial charge in [-0.1, -0.05) is 24.3 Å². The predicted octanol–water partition coefficient (Wildman–Crippen LogP) is 4.27. The number of rotatable bonds is 11. The fourth-order valence-electron chi connectivity index (χ4n) is 2.87. The lowest BCUT2D eigenvalue weighted by Crippen LogP contribution is -2.25. The monoisotopic (exact) mass is 422 g/mol. The van der Waals surface area contributed by atoms with Crippen molar-refractivity contribution in [2.24, 2.45) is 0 Å². The highest BCUT2D eigenvalue weighted by atomic mass is 16.5. The molecule has 31 heavy (non-hydrogen) atoms. The summed E-state index contributed by atoms with van der Waals surface area (Å²) in [5.41, 5.74) is 1.59. The summed E-state index contributed by atoms with van der Waals surface area (Å²) < 4.78 is 16.3. The number of nitrogens with one attached hydrogen (secondary N) is 2. The molecular weight excluding hydrogens is 396 g/mol. The third-order valence-electron chi connectivity index (χ3n) is 4.43. The lowest BCUT2D eigenvalue weighted by Gasteiger charge is -2.09. The molecule has 1 heterocycles. The first-order chi connectivity index (χ1) is 15.2. The average Bonchev–Trinajstić information content (AvgIpc) is 3.27.